The highest BCUT2D eigenvalue weighted by Gasteiger charge is 2.08. The fraction of sp³-hybridized carbons (Fsp3) is 0.0556. The lowest BCUT2D eigenvalue weighted by atomic mass is 10.1. The van der Waals surface area contributed by atoms with E-state index in [9.17, 15) is 4.79 Å². The topological polar surface area (TPSA) is 38.3 Å². The fourth-order valence-electron chi connectivity index (χ4n) is 2.26. The number of amides is 1. The van der Waals surface area contributed by atoms with Crippen LogP contribution in [0.2, 0.25) is 5.02 Å². The average molecular weight is 391 g/mol. The van der Waals surface area contributed by atoms with Crippen LogP contribution in [0.15, 0.2) is 65.1 Å². The van der Waals surface area contributed by atoms with Gasteiger partial charge in [-0.3, -0.25) is 4.79 Å². The lowest BCUT2D eigenvalue weighted by molar-refractivity contribution is -0.118. The third kappa shape index (κ3) is 3.84. The van der Waals surface area contributed by atoms with E-state index in [0.717, 1.165) is 20.9 Å². The summed E-state index contributed by atoms with van der Waals surface area (Å²) in [7, 11) is 0. The monoisotopic (exact) mass is 389 g/mol. The molecule has 0 bridgehead atoms. The van der Waals surface area contributed by atoms with E-state index in [-0.39, 0.29) is 12.5 Å². The van der Waals surface area contributed by atoms with Crippen molar-refractivity contribution in [1.82, 2.24) is 0 Å². The Kier molecular flexibility index (Phi) is 4.84. The first-order chi connectivity index (χ1) is 11.1. The second-order valence-electron chi connectivity index (χ2n) is 4.94. The van der Waals surface area contributed by atoms with Crippen molar-refractivity contribution in [1.29, 1.82) is 0 Å². The molecule has 0 saturated carbocycles. The molecule has 0 saturated heterocycles. The van der Waals surface area contributed by atoms with Crippen molar-refractivity contribution < 1.29 is 9.53 Å². The maximum Gasteiger partial charge on any atom is 0.262 e. The molecule has 0 unspecified atom stereocenters. The number of nitrogens with one attached hydrogen (secondary N) is 1. The summed E-state index contributed by atoms with van der Waals surface area (Å²) in [6, 6.07) is 18.9. The fourth-order valence-corrected chi connectivity index (χ4v) is 2.98. The molecule has 0 radical (unpaired) electrons. The van der Waals surface area contributed by atoms with Gasteiger partial charge in [-0.2, -0.15) is 0 Å². The Labute approximate surface area is 147 Å². The SMILES string of the molecule is O=C(COc1ccc(Br)cc1Cl)Nc1cccc2ccccc12. The van der Waals surface area contributed by atoms with Crippen LogP contribution >= 0.6 is 27.5 Å². The molecule has 5 heteroatoms. The van der Waals surface area contributed by atoms with Gasteiger partial charge in [0.05, 0.1) is 5.02 Å². The normalized spacial score (nSPS) is 10.5. The highest BCUT2D eigenvalue weighted by atomic mass is 79.9. The molecule has 0 aliphatic carbocycles. The van der Waals surface area contributed by atoms with Gasteiger partial charge in [0.1, 0.15) is 5.75 Å². The van der Waals surface area contributed by atoms with Gasteiger partial charge in [-0.05, 0) is 29.7 Å². The number of hydrogen-bond donors (Lipinski definition) is 1. The number of anilines is 1. The molecule has 0 aromatic heterocycles. The van der Waals surface area contributed by atoms with Gasteiger partial charge in [-0.15, -0.1) is 0 Å². The summed E-state index contributed by atoms with van der Waals surface area (Å²) in [4.78, 5) is 12.1. The summed E-state index contributed by atoms with van der Waals surface area (Å²) in [6.45, 7) is -0.107. The molecule has 3 rings (SSSR count). The van der Waals surface area contributed by atoms with Crippen molar-refractivity contribution in [3.8, 4) is 5.75 Å². The smallest absolute Gasteiger partial charge is 0.262 e. The zero-order valence-corrected chi connectivity index (χ0v) is 14.4. The zero-order valence-electron chi connectivity index (χ0n) is 12.1. The number of fused-ring (bicyclic) bond motifs is 1. The van der Waals surface area contributed by atoms with Crippen molar-refractivity contribution in [3.63, 3.8) is 0 Å². The summed E-state index contributed by atoms with van der Waals surface area (Å²) in [5, 5.41) is 5.39. The molecule has 0 aliphatic heterocycles. The maximum atomic E-state index is 12.1. The molecule has 3 aromatic rings. The minimum atomic E-state index is -0.236. The van der Waals surface area contributed by atoms with Crippen LogP contribution in [0.1, 0.15) is 0 Å². The Morgan fingerprint density at radius 1 is 1.09 bits per heavy atom. The van der Waals surface area contributed by atoms with E-state index in [1.165, 1.54) is 0 Å². The molecule has 0 fully saturated rings. The van der Waals surface area contributed by atoms with Crippen LogP contribution in [0.3, 0.4) is 0 Å². The van der Waals surface area contributed by atoms with E-state index in [1.807, 2.05) is 48.5 Å². The molecule has 3 nitrogen and oxygen atoms in total. The Bertz CT molecular complexity index is 861. The number of benzene rings is 3. The summed E-state index contributed by atoms with van der Waals surface area (Å²) < 4.78 is 6.33. The van der Waals surface area contributed by atoms with Crippen molar-refractivity contribution >= 4 is 49.9 Å². The minimum Gasteiger partial charge on any atom is -0.482 e. The van der Waals surface area contributed by atoms with Gasteiger partial charge in [-0.25, -0.2) is 0 Å². The van der Waals surface area contributed by atoms with Gasteiger partial charge in [0.2, 0.25) is 0 Å². The van der Waals surface area contributed by atoms with Crippen LogP contribution in [-0.2, 0) is 4.79 Å². The number of ether oxygens (including phenoxy) is 1. The Morgan fingerprint density at radius 2 is 1.87 bits per heavy atom. The maximum absolute atomic E-state index is 12.1. The lowest BCUT2D eigenvalue weighted by Gasteiger charge is -2.10. The molecule has 0 aliphatic rings. The molecule has 1 amide bonds. The van der Waals surface area contributed by atoms with Crippen LogP contribution in [0.5, 0.6) is 5.75 Å². The van der Waals surface area contributed by atoms with Crippen LogP contribution in [-0.4, -0.2) is 12.5 Å². The average Bonchev–Trinajstić information content (AvgIpc) is 2.54. The quantitative estimate of drug-likeness (QED) is 0.659. The molecular formula is C18H13BrClNO2. The molecule has 116 valence electrons. The largest absolute Gasteiger partial charge is 0.482 e. The summed E-state index contributed by atoms with van der Waals surface area (Å²) in [5.41, 5.74) is 0.763. The highest BCUT2D eigenvalue weighted by Crippen LogP contribution is 2.28. The second-order valence-corrected chi connectivity index (χ2v) is 6.26. The predicted molar refractivity (Wildman–Crippen MR) is 97.2 cm³/mol. The van der Waals surface area contributed by atoms with E-state index in [4.69, 9.17) is 16.3 Å². The highest BCUT2D eigenvalue weighted by molar-refractivity contribution is 9.10. The van der Waals surface area contributed by atoms with Crippen LogP contribution in [0.25, 0.3) is 10.8 Å². The van der Waals surface area contributed by atoms with Crippen molar-refractivity contribution in [2.75, 3.05) is 11.9 Å². The van der Waals surface area contributed by atoms with E-state index in [1.54, 1.807) is 12.1 Å². The van der Waals surface area contributed by atoms with Gasteiger partial charge < -0.3 is 10.1 Å². The van der Waals surface area contributed by atoms with Crippen molar-refractivity contribution in [2.45, 2.75) is 0 Å². The third-order valence-corrected chi connectivity index (χ3v) is 4.11. The van der Waals surface area contributed by atoms with Crippen molar-refractivity contribution in [3.05, 3.63) is 70.2 Å². The summed E-state index contributed by atoms with van der Waals surface area (Å²) in [6.07, 6.45) is 0. The van der Waals surface area contributed by atoms with Gasteiger partial charge in [0.15, 0.2) is 6.61 Å². The first-order valence-corrected chi connectivity index (χ1v) is 8.16. The van der Waals surface area contributed by atoms with Crippen LogP contribution in [0, 0.1) is 0 Å². The number of hydrogen-bond acceptors (Lipinski definition) is 2. The first-order valence-electron chi connectivity index (χ1n) is 6.99. The van der Waals surface area contributed by atoms with E-state index < -0.39 is 0 Å². The zero-order chi connectivity index (χ0) is 16.2. The van der Waals surface area contributed by atoms with E-state index >= 15 is 0 Å². The number of carbonyl (C=O) groups is 1. The molecule has 1 N–H and O–H groups in total. The molecule has 0 atom stereocenters. The molecule has 0 spiro atoms. The van der Waals surface area contributed by atoms with E-state index in [2.05, 4.69) is 21.2 Å². The molecule has 23 heavy (non-hydrogen) atoms. The number of rotatable bonds is 4. The Hall–Kier alpha value is -2.04. The van der Waals surface area contributed by atoms with E-state index in [0.29, 0.717) is 10.8 Å². The number of halogens is 2. The minimum absolute atomic E-state index is 0.107. The van der Waals surface area contributed by atoms with Gasteiger partial charge in [-0.1, -0.05) is 63.9 Å². The summed E-state index contributed by atoms with van der Waals surface area (Å²) >= 11 is 9.39. The molecular weight excluding hydrogens is 378 g/mol. The van der Waals surface area contributed by atoms with Gasteiger partial charge >= 0.3 is 0 Å². The first kappa shape index (κ1) is 15.8. The Balaban J connectivity index is 1.69. The standard InChI is InChI=1S/C18H13BrClNO2/c19-13-8-9-17(15(20)10-13)23-11-18(22)21-16-7-3-5-12-4-1-2-6-14(12)16/h1-10H,11H2,(H,21,22). The Morgan fingerprint density at radius 3 is 2.70 bits per heavy atom. The molecule has 3 aromatic carbocycles. The van der Waals surface area contributed by atoms with Crippen LogP contribution < -0.4 is 10.1 Å². The lowest BCUT2D eigenvalue weighted by Crippen LogP contribution is -2.20. The third-order valence-electron chi connectivity index (χ3n) is 3.32. The predicted octanol–water partition coefficient (Wildman–Crippen LogP) is 5.27. The van der Waals surface area contributed by atoms with Gasteiger partial charge in [0, 0.05) is 15.5 Å². The second kappa shape index (κ2) is 7.02. The number of carbonyl (C=O) groups excluding carboxylic acids is 1. The van der Waals surface area contributed by atoms with Crippen molar-refractivity contribution in [2.24, 2.45) is 0 Å². The molecule has 0 heterocycles. The van der Waals surface area contributed by atoms with Gasteiger partial charge in [0.25, 0.3) is 5.91 Å². The van der Waals surface area contributed by atoms with Crippen LogP contribution in [0.4, 0.5) is 5.69 Å². The summed E-state index contributed by atoms with van der Waals surface area (Å²) in [5.74, 6) is 0.239.